The molecule has 0 aliphatic carbocycles. The normalized spacial score (nSPS) is 36.1. The second-order valence-corrected chi connectivity index (χ2v) is 9.42. The van der Waals surface area contributed by atoms with Gasteiger partial charge in [0, 0.05) is 7.11 Å². The predicted octanol–water partition coefficient (Wildman–Crippen LogP) is 0.742. The lowest BCUT2D eigenvalue weighted by molar-refractivity contribution is -0.0890. The molecule has 4 rings (SSSR count). The summed E-state index contributed by atoms with van der Waals surface area (Å²) in [6.45, 7) is 1.05. The first kappa shape index (κ1) is 18.9. The molecule has 0 saturated carbocycles. The fraction of sp³-hybridized carbons (Fsp3) is 0.643. The number of aromatic nitrogens is 4. The van der Waals surface area contributed by atoms with Crippen LogP contribution in [0.2, 0.25) is 0 Å². The van der Waals surface area contributed by atoms with E-state index in [1.54, 1.807) is 11.5 Å². The Bertz CT molecular complexity index is 923. The Morgan fingerprint density at radius 1 is 1.52 bits per heavy atom. The van der Waals surface area contributed by atoms with Crippen molar-refractivity contribution in [3.63, 3.8) is 0 Å². The van der Waals surface area contributed by atoms with Gasteiger partial charge in [0.2, 0.25) is 11.8 Å². The van der Waals surface area contributed by atoms with Gasteiger partial charge in [-0.1, -0.05) is 0 Å². The number of hydrogen-bond donors (Lipinski definition) is 2. The highest BCUT2D eigenvalue weighted by Gasteiger charge is 2.59. The summed E-state index contributed by atoms with van der Waals surface area (Å²) in [6.07, 6.45) is -0.627. The minimum atomic E-state index is -2.92. The maximum atomic E-state index is 11.2. The maximum absolute atomic E-state index is 11.2. The van der Waals surface area contributed by atoms with E-state index >= 15 is 0 Å². The second-order valence-electron chi connectivity index (χ2n) is 6.35. The summed E-state index contributed by atoms with van der Waals surface area (Å²) in [6, 6.07) is 0. The molecule has 2 aromatic heterocycles. The Balaban J connectivity index is 1.75. The quantitative estimate of drug-likeness (QED) is 0.682. The van der Waals surface area contributed by atoms with Crippen molar-refractivity contribution in [1.82, 2.24) is 19.5 Å². The zero-order chi connectivity index (χ0) is 19.4. The number of fused-ring (bicyclic) bond motifs is 2. The molecule has 148 valence electrons. The zero-order valence-electron chi connectivity index (χ0n) is 14.9. The first-order chi connectivity index (χ1) is 12.8. The summed E-state index contributed by atoms with van der Waals surface area (Å²) in [5, 5.41) is 11.2. The number of nitrogens with two attached hydrogens (primary N) is 1. The molecule has 3 N–H and O–H groups in total. The summed E-state index contributed by atoms with van der Waals surface area (Å²) in [7, 11) is 1.42. The smallest absolute Gasteiger partial charge is 0.327 e. The van der Waals surface area contributed by atoms with Crippen molar-refractivity contribution in [3.8, 4) is 5.88 Å². The molecule has 0 bridgehead atoms. The lowest BCUT2D eigenvalue weighted by atomic mass is 9.96. The first-order valence-corrected chi connectivity index (χ1v) is 10.8. The van der Waals surface area contributed by atoms with E-state index in [1.807, 2.05) is 6.92 Å². The van der Waals surface area contributed by atoms with Crippen LogP contribution in [0, 0.1) is 0 Å². The molecule has 27 heavy (non-hydrogen) atoms. The average molecular weight is 417 g/mol. The van der Waals surface area contributed by atoms with Gasteiger partial charge in [0.1, 0.15) is 17.8 Å². The molecule has 2 aliphatic rings. The van der Waals surface area contributed by atoms with E-state index in [0.29, 0.717) is 17.8 Å². The fourth-order valence-electron chi connectivity index (χ4n) is 3.29. The molecule has 2 saturated heterocycles. The van der Waals surface area contributed by atoms with E-state index in [-0.39, 0.29) is 18.4 Å². The Morgan fingerprint density at radius 3 is 3.00 bits per heavy atom. The third-order valence-corrected chi connectivity index (χ3v) is 6.94. The van der Waals surface area contributed by atoms with Gasteiger partial charge in [0.15, 0.2) is 17.4 Å². The standard InChI is InChI=1S/C14H20N5O6PS/c1-4-22-11-8-10(17-13(15)18-11)19(6-16-8)12-14(2,20)9-7(24-12)5-23-26(27,21-3)25-9/h6-7,9,12,20H,4-5H2,1-3H3,(H2,15,17,18)/t7-,9-,12-,14-,26?/m1/s1. The molecule has 4 heterocycles. The second kappa shape index (κ2) is 6.59. The summed E-state index contributed by atoms with van der Waals surface area (Å²) < 4.78 is 29.5. The van der Waals surface area contributed by atoms with Crippen molar-refractivity contribution in [3.05, 3.63) is 6.33 Å². The van der Waals surface area contributed by atoms with Gasteiger partial charge in [0.05, 0.1) is 19.5 Å². The Morgan fingerprint density at radius 2 is 2.30 bits per heavy atom. The van der Waals surface area contributed by atoms with Crippen LogP contribution in [0.4, 0.5) is 5.95 Å². The van der Waals surface area contributed by atoms with E-state index < -0.39 is 30.8 Å². The van der Waals surface area contributed by atoms with Crippen molar-refractivity contribution in [2.45, 2.75) is 37.9 Å². The van der Waals surface area contributed by atoms with E-state index in [1.165, 1.54) is 13.4 Å². The van der Waals surface area contributed by atoms with Crippen LogP contribution in [0.5, 0.6) is 5.88 Å². The fourth-order valence-corrected chi connectivity index (χ4v) is 4.96. The minimum absolute atomic E-state index is 0.0252. The number of imidazole rings is 1. The monoisotopic (exact) mass is 417 g/mol. The zero-order valence-corrected chi connectivity index (χ0v) is 16.6. The van der Waals surface area contributed by atoms with Crippen LogP contribution in [-0.2, 0) is 30.1 Å². The van der Waals surface area contributed by atoms with Crippen LogP contribution in [0.1, 0.15) is 20.1 Å². The highest BCUT2D eigenvalue weighted by molar-refractivity contribution is 8.07. The molecule has 2 aliphatic heterocycles. The Hall–Kier alpha value is -1.40. The summed E-state index contributed by atoms with van der Waals surface area (Å²) in [4.78, 5) is 12.6. The summed E-state index contributed by atoms with van der Waals surface area (Å²) in [5.41, 5.74) is 5.15. The minimum Gasteiger partial charge on any atom is -0.476 e. The topological polar surface area (TPSA) is 136 Å². The van der Waals surface area contributed by atoms with Crippen LogP contribution in [0.3, 0.4) is 0 Å². The molecule has 13 heteroatoms. The first-order valence-electron chi connectivity index (χ1n) is 8.28. The lowest BCUT2D eigenvalue weighted by Gasteiger charge is -2.36. The van der Waals surface area contributed by atoms with Gasteiger partial charge in [0.25, 0.3) is 0 Å². The van der Waals surface area contributed by atoms with Gasteiger partial charge in [-0.15, -0.1) is 0 Å². The van der Waals surface area contributed by atoms with Gasteiger partial charge < -0.3 is 29.4 Å². The van der Waals surface area contributed by atoms with Gasteiger partial charge in [-0.2, -0.15) is 9.97 Å². The number of anilines is 1. The predicted molar refractivity (Wildman–Crippen MR) is 97.6 cm³/mol. The number of aliphatic hydroxyl groups is 1. The lowest BCUT2D eigenvalue weighted by Crippen LogP contribution is -2.47. The van der Waals surface area contributed by atoms with Crippen molar-refractivity contribution in [1.29, 1.82) is 0 Å². The van der Waals surface area contributed by atoms with Crippen molar-refractivity contribution < 1.29 is 28.2 Å². The number of nitrogens with zero attached hydrogens (tertiary/aromatic N) is 4. The molecule has 0 radical (unpaired) electrons. The van der Waals surface area contributed by atoms with E-state index in [4.69, 9.17) is 40.6 Å². The SMILES string of the molecule is CCOc1nc(N)nc2c1ncn2[C@@H]1O[C@@H]2COP(=S)(OC)O[C@H]2[C@@]1(C)O. The third kappa shape index (κ3) is 3.01. The molecule has 2 fully saturated rings. The highest BCUT2D eigenvalue weighted by atomic mass is 32.5. The third-order valence-electron chi connectivity index (χ3n) is 4.52. The van der Waals surface area contributed by atoms with Gasteiger partial charge >= 0.3 is 6.72 Å². The van der Waals surface area contributed by atoms with Crippen LogP contribution < -0.4 is 10.5 Å². The number of nitrogen functional groups attached to an aromatic ring is 1. The molecule has 11 nitrogen and oxygen atoms in total. The largest absolute Gasteiger partial charge is 0.476 e. The van der Waals surface area contributed by atoms with Crippen molar-refractivity contribution in [2.24, 2.45) is 0 Å². The van der Waals surface area contributed by atoms with Crippen LogP contribution >= 0.6 is 6.72 Å². The average Bonchev–Trinajstić information content (AvgIpc) is 3.14. The van der Waals surface area contributed by atoms with Crippen LogP contribution in [-0.4, -0.2) is 62.8 Å². The van der Waals surface area contributed by atoms with Gasteiger partial charge in [-0.25, -0.2) is 4.98 Å². The molecular formula is C14H20N5O6PS. The van der Waals surface area contributed by atoms with E-state index in [2.05, 4.69) is 15.0 Å². The Labute approximate surface area is 160 Å². The van der Waals surface area contributed by atoms with Crippen LogP contribution in [0.15, 0.2) is 6.33 Å². The molecule has 2 aromatic rings. The van der Waals surface area contributed by atoms with Gasteiger partial charge in [-0.3, -0.25) is 9.09 Å². The Kier molecular flexibility index (Phi) is 4.62. The van der Waals surface area contributed by atoms with E-state index in [9.17, 15) is 5.11 Å². The molecule has 1 unspecified atom stereocenters. The van der Waals surface area contributed by atoms with E-state index in [0.717, 1.165) is 0 Å². The van der Waals surface area contributed by atoms with Gasteiger partial charge in [-0.05, 0) is 25.7 Å². The summed E-state index contributed by atoms with van der Waals surface area (Å²) in [5.74, 6) is 0.292. The molecule has 0 spiro atoms. The van der Waals surface area contributed by atoms with Crippen LogP contribution in [0.25, 0.3) is 11.2 Å². The molecule has 0 aromatic carbocycles. The highest BCUT2D eigenvalue weighted by Crippen LogP contribution is 2.58. The molecule has 5 atom stereocenters. The number of hydrogen-bond acceptors (Lipinski definition) is 11. The van der Waals surface area contributed by atoms with Crippen molar-refractivity contribution in [2.75, 3.05) is 26.1 Å². The number of rotatable bonds is 4. The summed E-state index contributed by atoms with van der Waals surface area (Å²) >= 11 is 5.27. The van der Waals surface area contributed by atoms with Crippen molar-refractivity contribution >= 4 is 35.6 Å². The maximum Gasteiger partial charge on any atom is 0.327 e. The molecule has 0 amide bonds. The molecular weight excluding hydrogens is 397 g/mol. The number of ether oxygens (including phenoxy) is 2.